The van der Waals surface area contributed by atoms with E-state index in [9.17, 15) is 14.4 Å². The summed E-state index contributed by atoms with van der Waals surface area (Å²) in [6.45, 7) is 0.490. The van der Waals surface area contributed by atoms with E-state index >= 15 is 0 Å². The van der Waals surface area contributed by atoms with Crippen LogP contribution in [0.4, 0.5) is 11.4 Å². The van der Waals surface area contributed by atoms with E-state index in [0.717, 1.165) is 12.0 Å². The second kappa shape index (κ2) is 11.1. The van der Waals surface area contributed by atoms with Crippen LogP contribution in [0.3, 0.4) is 0 Å². The molecular weight excluding hydrogens is 446 g/mol. The van der Waals surface area contributed by atoms with E-state index in [1.165, 1.54) is 11.3 Å². The van der Waals surface area contributed by atoms with Gasteiger partial charge in [-0.3, -0.25) is 14.4 Å². The van der Waals surface area contributed by atoms with Crippen LogP contribution in [0.5, 0.6) is 0 Å². The molecule has 0 bridgehead atoms. The van der Waals surface area contributed by atoms with Crippen LogP contribution in [-0.2, 0) is 6.42 Å². The molecule has 1 heterocycles. The van der Waals surface area contributed by atoms with E-state index in [-0.39, 0.29) is 17.7 Å². The van der Waals surface area contributed by atoms with Crippen molar-refractivity contribution in [2.45, 2.75) is 6.42 Å². The molecule has 0 aliphatic heterocycles. The topological polar surface area (TPSA) is 87.3 Å². The molecule has 170 valence electrons. The maximum atomic E-state index is 12.8. The number of carbonyl (C=O) groups excluding carboxylic acids is 3. The first kappa shape index (κ1) is 22.9. The van der Waals surface area contributed by atoms with Crippen LogP contribution >= 0.6 is 11.3 Å². The van der Waals surface area contributed by atoms with E-state index in [2.05, 4.69) is 16.0 Å². The number of benzene rings is 3. The van der Waals surface area contributed by atoms with E-state index in [1.807, 2.05) is 41.8 Å². The third-order valence-corrected chi connectivity index (χ3v) is 5.98. The summed E-state index contributed by atoms with van der Waals surface area (Å²) in [7, 11) is 0. The highest BCUT2D eigenvalue weighted by Gasteiger charge is 2.14. The van der Waals surface area contributed by atoms with Crippen LogP contribution in [-0.4, -0.2) is 24.3 Å². The molecule has 34 heavy (non-hydrogen) atoms. The molecule has 0 radical (unpaired) electrons. The predicted octanol–water partition coefficient (Wildman–Crippen LogP) is 5.23. The van der Waals surface area contributed by atoms with Gasteiger partial charge in [0, 0.05) is 17.8 Å². The third-order valence-electron chi connectivity index (χ3n) is 5.11. The van der Waals surface area contributed by atoms with Crippen molar-refractivity contribution in [3.8, 4) is 0 Å². The zero-order valence-electron chi connectivity index (χ0n) is 18.3. The molecule has 0 aliphatic rings. The number of hydrogen-bond donors (Lipinski definition) is 3. The molecule has 7 heteroatoms. The summed E-state index contributed by atoms with van der Waals surface area (Å²) in [6, 6.07) is 27.0. The summed E-state index contributed by atoms with van der Waals surface area (Å²) >= 11 is 1.36. The zero-order chi connectivity index (χ0) is 23.8. The summed E-state index contributed by atoms with van der Waals surface area (Å²) in [6.07, 6.45) is 0.719. The molecule has 4 rings (SSSR count). The maximum Gasteiger partial charge on any atom is 0.265 e. The molecule has 0 saturated carbocycles. The van der Waals surface area contributed by atoms with Crippen LogP contribution in [0.1, 0.15) is 36.0 Å². The number of amides is 3. The average Bonchev–Trinajstić information content (AvgIpc) is 3.41. The van der Waals surface area contributed by atoms with E-state index in [4.69, 9.17) is 0 Å². The Morgan fingerprint density at radius 3 is 2.15 bits per heavy atom. The molecule has 0 unspecified atom stereocenters. The van der Waals surface area contributed by atoms with Gasteiger partial charge in [-0.2, -0.15) is 0 Å². The minimum Gasteiger partial charge on any atom is -0.352 e. The first-order chi connectivity index (χ1) is 16.6. The lowest BCUT2D eigenvalue weighted by molar-refractivity contribution is 0.0954. The highest BCUT2D eigenvalue weighted by atomic mass is 32.1. The monoisotopic (exact) mass is 469 g/mol. The number of nitrogens with one attached hydrogen (secondary N) is 3. The smallest absolute Gasteiger partial charge is 0.265 e. The van der Waals surface area contributed by atoms with Gasteiger partial charge in [-0.15, -0.1) is 11.3 Å². The standard InChI is InChI=1S/C27H23N3O3S/c31-25(20-12-14-21(15-13-20)29-27(33)24-11-6-18-34-24)30-23-10-5-4-9-22(23)26(32)28-17-16-19-7-2-1-3-8-19/h1-15,18H,16-17H2,(H,28,32)(H,29,33)(H,30,31). The predicted molar refractivity (Wildman–Crippen MR) is 136 cm³/mol. The molecular formula is C27H23N3O3S. The molecule has 0 atom stereocenters. The van der Waals surface area contributed by atoms with Gasteiger partial charge in [-0.25, -0.2) is 0 Å². The van der Waals surface area contributed by atoms with Crippen LogP contribution in [0, 0.1) is 0 Å². The van der Waals surface area contributed by atoms with Gasteiger partial charge in [-0.1, -0.05) is 48.5 Å². The Labute approximate surface area is 201 Å². The van der Waals surface area contributed by atoms with Gasteiger partial charge in [-0.05, 0) is 59.8 Å². The van der Waals surface area contributed by atoms with Crippen molar-refractivity contribution in [2.75, 3.05) is 17.2 Å². The molecule has 0 aliphatic carbocycles. The minimum atomic E-state index is -0.347. The highest BCUT2D eigenvalue weighted by Crippen LogP contribution is 2.18. The molecule has 3 N–H and O–H groups in total. The molecule has 6 nitrogen and oxygen atoms in total. The summed E-state index contributed by atoms with van der Waals surface area (Å²) in [5.41, 5.74) is 2.96. The lowest BCUT2D eigenvalue weighted by Gasteiger charge is -2.12. The Balaban J connectivity index is 1.36. The Kier molecular flexibility index (Phi) is 7.47. The lowest BCUT2D eigenvalue weighted by Crippen LogP contribution is -2.27. The van der Waals surface area contributed by atoms with E-state index in [1.54, 1.807) is 54.6 Å². The zero-order valence-corrected chi connectivity index (χ0v) is 19.1. The molecule has 1 aromatic heterocycles. The summed E-state index contributed by atoms with van der Waals surface area (Å²) in [4.78, 5) is 38.3. The van der Waals surface area contributed by atoms with Crippen molar-refractivity contribution in [3.05, 3.63) is 118 Å². The van der Waals surface area contributed by atoms with Gasteiger partial charge < -0.3 is 16.0 Å². The van der Waals surface area contributed by atoms with Crippen LogP contribution < -0.4 is 16.0 Å². The van der Waals surface area contributed by atoms with Gasteiger partial charge in [0.2, 0.25) is 0 Å². The Morgan fingerprint density at radius 1 is 0.676 bits per heavy atom. The first-order valence-electron chi connectivity index (χ1n) is 10.8. The molecule has 3 amide bonds. The summed E-state index contributed by atoms with van der Waals surface area (Å²) in [5.74, 6) is -0.793. The Morgan fingerprint density at radius 2 is 1.41 bits per heavy atom. The molecule has 0 spiro atoms. The number of rotatable bonds is 8. The Hall–Kier alpha value is -4.23. The van der Waals surface area contributed by atoms with Crippen molar-refractivity contribution in [1.29, 1.82) is 0 Å². The van der Waals surface area contributed by atoms with Gasteiger partial charge in [0.05, 0.1) is 16.1 Å². The van der Waals surface area contributed by atoms with E-state index < -0.39 is 0 Å². The lowest BCUT2D eigenvalue weighted by atomic mass is 10.1. The van der Waals surface area contributed by atoms with Crippen molar-refractivity contribution < 1.29 is 14.4 Å². The van der Waals surface area contributed by atoms with Crippen LogP contribution in [0.25, 0.3) is 0 Å². The maximum absolute atomic E-state index is 12.8. The highest BCUT2D eigenvalue weighted by molar-refractivity contribution is 7.12. The third kappa shape index (κ3) is 5.96. The van der Waals surface area contributed by atoms with Gasteiger partial charge >= 0.3 is 0 Å². The van der Waals surface area contributed by atoms with Crippen molar-refractivity contribution in [2.24, 2.45) is 0 Å². The largest absolute Gasteiger partial charge is 0.352 e. The summed E-state index contributed by atoms with van der Waals surface area (Å²) < 4.78 is 0. The number of carbonyl (C=O) groups is 3. The van der Waals surface area contributed by atoms with Crippen LogP contribution in [0.15, 0.2) is 96.4 Å². The second-order valence-corrected chi connectivity index (χ2v) is 8.45. The molecule has 3 aromatic carbocycles. The van der Waals surface area contributed by atoms with Gasteiger partial charge in [0.15, 0.2) is 0 Å². The normalized spacial score (nSPS) is 10.4. The first-order valence-corrected chi connectivity index (χ1v) is 11.7. The fraction of sp³-hybridized carbons (Fsp3) is 0.0741. The van der Waals surface area contributed by atoms with Gasteiger partial charge in [0.1, 0.15) is 0 Å². The average molecular weight is 470 g/mol. The number of hydrogen-bond acceptors (Lipinski definition) is 4. The van der Waals surface area contributed by atoms with Gasteiger partial charge in [0.25, 0.3) is 17.7 Å². The van der Waals surface area contributed by atoms with Crippen LogP contribution in [0.2, 0.25) is 0 Å². The molecule has 0 saturated heterocycles. The minimum absolute atomic E-state index is 0.195. The van der Waals surface area contributed by atoms with Crippen molar-refractivity contribution >= 4 is 40.4 Å². The fourth-order valence-electron chi connectivity index (χ4n) is 3.35. The number of para-hydroxylation sites is 1. The SMILES string of the molecule is O=C(Nc1ccccc1C(=O)NCCc1ccccc1)c1ccc(NC(=O)c2cccs2)cc1. The molecule has 4 aromatic rings. The van der Waals surface area contributed by atoms with Crippen molar-refractivity contribution in [1.82, 2.24) is 5.32 Å². The quantitative estimate of drug-likeness (QED) is 0.330. The fourth-order valence-corrected chi connectivity index (χ4v) is 3.97. The summed E-state index contributed by atoms with van der Waals surface area (Å²) in [5, 5.41) is 10.4. The molecule has 0 fully saturated rings. The van der Waals surface area contributed by atoms with Crippen molar-refractivity contribution in [3.63, 3.8) is 0 Å². The second-order valence-electron chi connectivity index (χ2n) is 7.50. The van der Waals surface area contributed by atoms with E-state index in [0.29, 0.717) is 33.9 Å². The Bertz CT molecular complexity index is 1270. The number of anilines is 2. The number of thiophene rings is 1.